The van der Waals surface area contributed by atoms with Crippen LogP contribution in [0.3, 0.4) is 0 Å². The molecule has 2 rings (SSSR count). The van der Waals surface area contributed by atoms with Crippen molar-refractivity contribution in [1.29, 1.82) is 0 Å². The van der Waals surface area contributed by atoms with E-state index in [0.717, 1.165) is 16.7 Å². The quantitative estimate of drug-likeness (QED) is 0.865. The first-order chi connectivity index (χ1) is 9.06. The Morgan fingerprint density at radius 1 is 1.26 bits per heavy atom. The zero-order valence-electron chi connectivity index (χ0n) is 10.8. The van der Waals surface area contributed by atoms with Gasteiger partial charge in [-0.1, -0.05) is 24.3 Å². The number of aromatic nitrogens is 1. The second-order valence-electron chi connectivity index (χ2n) is 4.63. The summed E-state index contributed by atoms with van der Waals surface area (Å²) in [5.41, 5.74) is 2.66. The zero-order valence-corrected chi connectivity index (χ0v) is 10.8. The van der Waals surface area contributed by atoms with E-state index >= 15 is 0 Å². The maximum atomic E-state index is 10.8. The molecule has 0 radical (unpaired) electrons. The van der Waals surface area contributed by atoms with Crippen LogP contribution in [-0.4, -0.2) is 20.7 Å². The molecule has 0 aliphatic carbocycles. The molecule has 4 heteroatoms. The highest BCUT2D eigenvalue weighted by molar-refractivity contribution is 5.70. The standard InChI is InChI=1S/C15H17NO3/c1-11(17)13-6-7-16(9-13)10-14-5-3-2-4-12(14)8-15(18)19/h2-7,9,11,17H,8,10H2,1H3,(H,18,19). The number of benzene rings is 1. The lowest BCUT2D eigenvalue weighted by Crippen LogP contribution is -2.06. The Labute approximate surface area is 111 Å². The van der Waals surface area contributed by atoms with Crippen LogP contribution in [0.5, 0.6) is 0 Å². The van der Waals surface area contributed by atoms with E-state index in [1.54, 1.807) is 6.92 Å². The monoisotopic (exact) mass is 259 g/mol. The molecule has 0 saturated carbocycles. The highest BCUT2D eigenvalue weighted by atomic mass is 16.4. The smallest absolute Gasteiger partial charge is 0.307 e. The second kappa shape index (κ2) is 5.71. The van der Waals surface area contributed by atoms with E-state index in [2.05, 4.69) is 0 Å². The van der Waals surface area contributed by atoms with Crippen molar-refractivity contribution in [1.82, 2.24) is 4.57 Å². The van der Waals surface area contributed by atoms with Crippen LogP contribution in [-0.2, 0) is 17.8 Å². The lowest BCUT2D eigenvalue weighted by molar-refractivity contribution is -0.136. The van der Waals surface area contributed by atoms with Crippen molar-refractivity contribution in [2.24, 2.45) is 0 Å². The number of aliphatic carboxylic acids is 1. The highest BCUT2D eigenvalue weighted by Crippen LogP contribution is 2.15. The van der Waals surface area contributed by atoms with Crippen molar-refractivity contribution in [2.45, 2.75) is 26.0 Å². The first-order valence-corrected chi connectivity index (χ1v) is 6.18. The molecule has 0 aliphatic rings. The van der Waals surface area contributed by atoms with E-state index in [4.69, 9.17) is 5.11 Å². The molecule has 0 aliphatic heterocycles. The zero-order chi connectivity index (χ0) is 13.8. The lowest BCUT2D eigenvalue weighted by atomic mass is 10.0. The van der Waals surface area contributed by atoms with Crippen molar-refractivity contribution in [3.05, 3.63) is 59.4 Å². The summed E-state index contributed by atoms with van der Waals surface area (Å²) >= 11 is 0. The van der Waals surface area contributed by atoms with Crippen LogP contribution in [0.25, 0.3) is 0 Å². The van der Waals surface area contributed by atoms with Gasteiger partial charge in [0.1, 0.15) is 0 Å². The molecule has 0 amide bonds. The summed E-state index contributed by atoms with van der Waals surface area (Å²) in [6.45, 7) is 2.33. The Hall–Kier alpha value is -2.07. The fourth-order valence-electron chi connectivity index (χ4n) is 2.05. The summed E-state index contributed by atoms with van der Waals surface area (Å²) in [6.07, 6.45) is 3.30. The van der Waals surface area contributed by atoms with Crippen LogP contribution >= 0.6 is 0 Å². The summed E-state index contributed by atoms with van der Waals surface area (Å²) in [5.74, 6) is -0.829. The minimum Gasteiger partial charge on any atom is -0.481 e. The van der Waals surface area contributed by atoms with Gasteiger partial charge in [0, 0.05) is 18.9 Å². The van der Waals surface area contributed by atoms with Crippen LogP contribution in [0.1, 0.15) is 29.7 Å². The van der Waals surface area contributed by atoms with Crippen molar-refractivity contribution < 1.29 is 15.0 Å². The Kier molecular flexibility index (Phi) is 4.02. The van der Waals surface area contributed by atoms with E-state index in [1.807, 2.05) is 47.3 Å². The number of aliphatic hydroxyl groups excluding tert-OH is 1. The molecule has 2 aromatic rings. The highest BCUT2D eigenvalue weighted by Gasteiger charge is 2.08. The van der Waals surface area contributed by atoms with Gasteiger partial charge in [-0.15, -0.1) is 0 Å². The van der Waals surface area contributed by atoms with E-state index < -0.39 is 12.1 Å². The molecule has 1 atom stereocenters. The Bertz CT molecular complexity index is 572. The third-order valence-corrected chi connectivity index (χ3v) is 3.07. The number of carboxylic acids is 1. The van der Waals surface area contributed by atoms with Crippen molar-refractivity contribution >= 4 is 5.97 Å². The van der Waals surface area contributed by atoms with Crippen LogP contribution in [0.4, 0.5) is 0 Å². The molecular formula is C15H17NO3. The third-order valence-electron chi connectivity index (χ3n) is 3.07. The van der Waals surface area contributed by atoms with Gasteiger partial charge in [-0.25, -0.2) is 0 Å². The number of carboxylic acid groups (broad SMARTS) is 1. The Morgan fingerprint density at radius 3 is 2.53 bits per heavy atom. The summed E-state index contributed by atoms with van der Waals surface area (Å²) < 4.78 is 1.95. The Balaban J connectivity index is 2.20. The van der Waals surface area contributed by atoms with Gasteiger partial charge in [-0.3, -0.25) is 4.79 Å². The summed E-state index contributed by atoms with van der Waals surface area (Å²) in [7, 11) is 0. The van der Waals surface area contributed by atoms with Gasteiger partial charge in [0.15, 0.2) is 0 Å². The number of nitrogens with zero attached hydrogens (tertiary/aromatic N) is 1. The van der Waals surface area contributed by atoms with Gasteiger partial charge >= 0.3 is 5.97 Å². The van der Waals surface area contributed by atoms with Crippen LogP contribution in [0.2, 0.25) is 0 Å². The molecule has 19 heavy (non-hydrogen) atoms. The van der Waals surface area contributed by atoms with Gasteiger partial charge in [-0.2, -0.15) is 0 Å². The molecule has 1 aromatic heterocycles. The molecule has 1 unspecified atom stereocenters. The predicted octanol–water partition coefficient (Wildman–Crippen LogP) is 2.22. The summed E-state index contributed by atoms with van der Waals surface area (Å²) in [4.78, 5) is 10.8. The van der Waals surface area contributed by atoms with Gasteiger partial charge in [0.25, 0.3) is 0 Å². The number of carbonyl (C=O) groups is 1. The topological polar surface area (TPSA) is 62.5 Å². The van der Waals surface area contributed by atoms with Crippen LogP contribution in [0, 0.1) is 0 Å². The number of rotatable bonds is 5. The van der Waals surface area contributed by atoms with Gasteiger partial charge in [0.05, 0.1) is 12.5 Å². The van der Waals surface area contributed by atoms with E-state index in [9.17, 15) is 9.90 Å². The van der Waals surface area contributed by atoms with Crippen LogP contribution in [0.15, 0.2) is 42.7 Å². The van der Waals surface area contributed by atoms with E-state index in [-0.39, 0.29) is 6.42 Å². The maximum Gasteiger partial charge on any atom is 0.307 e. The first-order valence-electron chi connectivity index (χ1n) is 6.18. The molecule has 0 bridgehead atoms. The lowest BCUT2D eigenvalue weighted by Gasteiger charge is -2.09. The largest absolute Gasteiger partial charge is 0.481 e. The molecule has 2 N–H and O–H groups in total. The predicted molar refractivity (Wildman–Crippen MR) is 71.9 cm³/mol. The van der Waals surface area contributed by atoms with E-state index in [0.29, 0.717) is 6.54 Å². The summed E-state index contributed by atoms with van der Waals surface area (Å²) in [6, 6.07) is 9.38. The van der Waals surface area contributed by atoms with Crippen molar-refractivity contribution in [3.63, 3.8) is 0 Å². The van der Waals surface area contributed by atoms with Crippen LogP contribution < -0.4 is 0 Å². The SMILES string of the molecule is CC(O)c1ccn(Cc2ccccc2CC(=O)O)c1. The number of hydrogen-bond donors (Lipinski definition) is 2. The molecule has 0 fully saturated rings. The fraction of sp³-hybridized carbons (Fsp3) is 0.267. The molecule has 0 spiro atoms. The van der Waals surface area contributed by atoms with Crippen molar-refractivity contribution in [3.8, 4) is 0 Å². The Morgan fingerprint density at radius 2 is 1.95 bits per heavy atom. The molecule has 1 heterocycles. The van der Waals surface area contributed by atoms with Crippen molar-refractivity contribution in [2.75, 3.05) is 0 Å². The molecular weight excluding hydrogens is 242 g/mol. The second-order valence-corrected chi connectivity index (χ2v) is 4.63. The maximum absolute atomic E-state index is 10.8. The number of hydrogen-bond acceptors (Lipinski definition) is 2. The fourth-order valence-corrected chi connectivity index (χ4v) is 2.05. The van der Waals surface area contributed by atoms with Gasteiger partial charge in [0.2, 0.25) is 0 Å². The average molecular weight is 259 g/mol. The normalized spacial score (nSPS) is 12.3. The number of aliphatic hydroxyl groups is 1. The summed E-state index contributed by atoms with van der Waals surface area (Å²) in [5, 5.41) is 18.4. The molecule has 0 saturated heterocycles. The minimum absolute atomic E-state index is 0.0285. The molecule has 4 nitrogen and oxygen atoms in total. The average Bonchev–Trinajstić information content (AvgIpc) is 2.80. The minimum atomic E-state index is -0.829. The molecule has 100 valence electrons. The first kappa shape index (κ1) is 13.4. The van der Waals surface area contributed by atoms with Gasteiger partial charge in [-0.05, 0) is 29.7 Å². The molecule has 1 aromatic carbocycles. The third kappa shape index (κ3) is 3.45. The van der Waals surface area contributed by atoms with Gasteiger partial charge < -0.3 is 14.8 Å². The van der Waals surface area contributed by atoms with E-state index in [1.165, 1.54) is 0 Å².